The van der Waals surface area contributed by atoms with Gasteiger partial charge in [-0.15, -0.1) is 11.6 Å². The molecular formula is C10H17ClN2O. The van der Waals surface area contributed by atoms with Crippen LogP contribution in [-0.2, 0) is 4.79 Å². The standard InChI is InChI=1S/C10H17ClN2O/c1-12-6-10(7-12)3-5-13(8-10)9(14)2-4-11/h2-8H2,1H3. The van der Waals surface area contributed by atoms with Crippen molar-refractivity contribution in [3.63, 3.8) is 0 Å². The Morgan fingerprint density at radius 3 is 2.71 bits per heavy atom. The van der Waals surface area contributed by atoms with E-state index in [9.17, 15) is 4.79 Å². The first-order valence-corrected chi connectivity index (χ1v) is 5.71. The molecule has 2 aliphatic rings. The van der Waals surface area contributed by atoms with Crippen LogP contribution in [0.15, 0.2) is 0 Å². The van der Waals surface area contributed by atoms with Crippen molar-refractivity contribution in [3.8, 4) is 0 Å². The van der Waals surface area contributed by atoms with Crippen molar-refractivity contribution >= 4 is 17.5 Å². The number of hydrogen-bond donors (Lipinski definition) is 0. The zero-order valence-electron chi connectivity index (χ0n) is 8.63. The Balaban J connectivity index is 1.86. The molecule has 0 aliphatic carbocycles. The van der Waals surface area contributed by atoms with Crippen LogP contribution in [-0.4, -0.2) is 54.8 Å². The lowest BCUT2D eigenvalue weighted by molar-refractivity contribution is -0.130. The second-order valence-corrected chi connectivity index (χ2v) is 5.05. The van der Waals surface area contributed by atoms with Crippen molar-refractivity contribution in [2.24, 2.45) is 5.41 Å². The Kier molecular flexibility index (Phi) is 2.71. The van der Waals surface area contributed by atoms with E-state index in [0.717, 1.165) is 26.2 Å². The van der Waals surface area contributed by atoms with Crippen LogP contribution < -0.4 is 0 Å². The van der Waals surface area contributed by atoms with Crippen LogP contribution in [0.4, 0.5) is 0 Å². The molecule has 0 aromatic carbocycles. The van der Waals surface area contributed by atoms with E-state index in [-0.39, 0.29) is 5.91 Å². The fraction of sp³-hybridized carbons (Fsp3) is 0.900. The third kappa shape index (κ3) is 1.75. The topological polar surface area (TPSA) is 23.6 Å². The van der Waals surface area contributed by atoms with Gasteiger partial charge in [0.25, 0.3) is 0 Å². The average Bonchev–Trinajstić information content (AvgIpc) is 2.49. The van der Waals surface area contributed by atoms with Crippen molar-refractivity contribution < 1.29 is 4.79 Å². The quantitative estimate of drug-likeness (QED) is 0.637. The lowest BCUT2D eigenvalue weighted by Gasteiger charge is -2.46. The number of carbonyl (C=O) groups is 1. The highest BCUT2D eigenvalue weighted by Gasteiger charge is 2.46. The second kappa shape index (κ2) is 3.70. The summed E-state index contributed by atoms with van der Waals surface area (Å²) in [5.41, 5.74) is 0.427. The Morgan fingerprint density at radius 1 is 1.43 bits per heavy atom. The lowest BCUT2D eigenvalue weighted by Crippen LogP contribution is -2.55. The third-order valence-corrected chi connectivity index (χ3v) is 3.50. The predicted octanol–water partition coefficient (Wildman–Crippen LogP) is 0.779. The summed E-state index contributed by atoms with van der Waals surface area (Å²) in [6, 6.07) is 0. The third-order valence-electron chi connectivity index (χ3n) is 3.31. The molecule has 0 N–H and O–H groups in total. The first kappa shape index (κ1) is 10.2. The molecule has 0 atom stereocenters. The maximum Gasteiger partial charge on any atom is 0.223 e. The Morgan fingerprint density at radius 2 is 2.14 bits per heavy atom. The van der Waals surface area contributed by atoms with E-state index in [2.05, 4.69) is 11.9 Å². The van der Waals surface area contributed by atoms with E-state index >= 15 is 0 Å². The minimum Gasteiger partial charge on any atom is -0.342 e. The maximum atomic E-state index is 11.6. The van der Waals surface area contributed by atoms with Crippen LogP contribution in [0.5, 0.6) is 0 Å². The van der Waals surface area contributed by atoms with Crippen molar-refractivity contribution in [1.29, 1.82) is 0 Å². The number of nitrogens with zero attached hydrogens (tertiary/aromatic N) is 2. The fourth-order valence-electron chi connectivity index (χ4n) is 2.74. The minimum absolute atomic E-state index is 0.228. The summed E-state index contributed by atoms with van der Waals surface area (Å²) in [6.45, 7) is 4.19. The van der Waals surface area contributed by atoms with E-state index in [1.54, 1.807) is 0 Å². The van der Waals surface area contributed by atoms with Gasteiger partial charge < -0.3 is 9.80 Å². The molecule has 2 heterocycles. The van der Waals surface area contributed by atoms with Crippen LogP contribution in [0.25, 0.3) is 0 Å². The molecule has 3 nitrogen and oxygen atoms in total. The zero-order valence-corrected chi connectivity index (χ0v) is 9.39. The molecule has 0 aromatic rings. The van der Waals surface area contributed by atoms with Gasteiger partial charge in [0.1, 0.15) is 0 Å². The van der Waals surface area contributed by atoms with Crippen molar-refractivity contribution in [2.75, 3.05) is 39.1 Å². The summed E-state index contributed by atoms with van der Waals surface area (Å²) in [4.78, 5) is 15.9. The van der Waals surface area contributed by atoms with Gasteiger partial charge in [-0.3, -0.25) is 4.79 Å². The molecule has 4 heteroatoms. The maximum absolute atomic E-state index is 11.6. The van der Waals surface area contributed by atoms with Gasteiger partial charge in [-0.2, -0.15) is 0 Å². The highest BCUT2D eigenvalue weighted by atomic mass is 35.5. The molecule has 2 aliphatic heterocycles. The number of halogens is 1. The van der Waals surface area contributed by atoms with Gasteiger partial charge in [0.2, 0.25) is 5.91 Å². The molecule has 1 spiro atoms. The number of hydrogen-bond acceptors (Lipinski definition) is 2. The highest BCUT2D eigenvalue weighted by Crippen LogP contribution is 2.38. The van der Waals surface area contributed by atoms with Gasteiger partial charge in [-0.25, -0.2) is 0 Å². The van der Waals surface area contributed by atoms with Crippen molar-refractivity contribution in [3.05, 3.63) is 0 Å². The van der Waals surface area contributed by atoms with Gasteiger partial charge in [0, 0.05) is 43.9 Å². The fourth-order valence-corrected chi connectivity index (χ4v) is 2.91. The summed E-state index contributed by atoms with van der Waals surface area (Å²) >= 11 is 5.56. The van der Waals surface area contributed by atoms with Crippen LogP contribution in [0.3, 0.4) is 0 Å². The smallest absolute Gasteiger partial charge is 0.223 e. The van der Waals surface area contributed by atoms with Crippen LogP contribution in [0.2, 0.25) is 0 Å². The summed E-state index contributed by atoms with van der Waals surface area (Å²) in [6.07, 6.45) is 1.67. The largest absolute Gasteiger partial charge is 0.342 e. The van der Waals surface area contributed by atoms with E-state index < -0.39 is 0 Å². The normalized spacial score (nSPS) is 25.4. The number of likely N-dealkylation sites (tertiary alicyclic amines) is 2. The molecule has 1 amide bonds. The first-order chi connectivity index (χ1) is 6.65. The van der Waals surface area contributed by atoms with Gasteiger partial charge >= 0.3 is 0 Å². The second-order valence-electron chi connectivity index (χ2n) is 4.68. The van der Waals surface area contributed by atoms with E-state index in [1.165, 1.54) is 6.42 Å². The van der Waals surface area contributed by atoms with Crippen molar-refractivity contribution in [1.82, 2.24) is 9.80 Å². The van der Waals surface area contributed by atoms with Gasteiger partial charge in [-0.05, 0) is 13.5 Å². The number of rotatable bonds is 2. The lowest BCUT2D eigenvalue weighted by atomic mass is 9.79. The summed E-state index contributed by atoms with van der Waals surface area (Å²) in [7, 11) is 2.13. The number of amides is 1. The molecule has 0 radical (unpaired) electrons. The SMILES string of the molecule is CN1CC2(CCN(C(=O)CCCl)C2)C1. The van der Waals surface area contributed by atoms with Crippen LogP contribution in [0.1, 0.15) is 12.8 Å². The van der Waals surface area contributed by atoms with Crippen LogP contribution >= 0.6 is 11.6 Å². The Labute approximate surface area is 90.0 Å². The molecule has 14 heavy (non-hydrogen) atoms. The summed E-state index contributed by atoms with van der Waals surface area (Å²) in [5, 5.41) is 0. The van der Waals surface area contributed by atoms with E-state index in [4.69, 9.17) is 11.6 Å². The Bertz CT molecular complexity index is 238. The molecule has 80 valence electrons. The predicted molar refractivity (Wildman–Crippen MR) is 56.5 cm³/mol. The minimum atomic E-state index is 0.228. The zero-order chi connectivity index (χ0) is 10.2. The first-order valence-electron chi connectivity index (χ1n) is 5.17. The van der Waals surface area contributed by atoms with E-state index in [1.807, 2.05) is 4.90 Å². The molecule has 2 fully saturated rings. The molecular weight excluding hydrogens is 200 g/mol. The summed E-state index contributed by atoms with van der Waals surface area (Å²) in [5.74, 6) is 0.675. The monoisotopic (exact) mass is 216 g/mol. The Hall–Kier alpha value is -0.280. The highest BCUT2D eigenvalue weighted by molar-refractivity contribution is 6.18. The number of carbonyl (C=O) groups excluding carboxylic acids is 1. The van der Waals surface area contributed by atoms with E-state index in [0.29, 0.717) is 17.7 Å². The van der Waals surface area contributed by atoms with Gasteiger partial charge in [0.15, 0.2) is 0 Å². The molecule has 0 aromatic heterocycles. The molecule has 2 saturated heterocycles. The molecule has 0 bridgehead atoms. The van der Waals surface area contributed by atoms with Crippen molar-refractivity contribution in [2.45, 2.75) is 12.8 Å². The molecule has 0 saturated carbocycles. The molecule has 2 rings (SSSR count). The average molecular weight is 217 g/mol. The number of alkyl halides is 1. The summed E-state index contributed by atoms with van der Waals surface area (Å²) < 4.78 is 0. The molecule has 0 unspecified atom stereocenters. The van der Waals surface area contributed by atoms with Gasteiger partial charge in [-0.1, -0.05) is 0 Å². The van der Waals surface area contributed by atoms with Crippen LogP contribution in [0, 0.1) is 5.41 Å². The van der Waals surface area contributed by atoms with Gasteiger partial charge in [0.05, 0.1) is 0 Å².